The molecule has 2 rings (SSSR count). The molecule has 22 heavy (non-hydrogen) atoms. The van der Waals surface area contributed by atoms with Crippen LogP contribution in [0.4, 0.5) is 5.69 Å². The van der Waals surface area contributed by atoms with Crippen molar-refractivity contribution in [3.8, 4) is 0 Å². The van der Waals surface area contributed by atoms with Gasteiger partial charge in [-0.1, -0.05) is 45.4 Å². The fourth-order valence-electron chi connectivity index (χ4n) is 3.13. The van der Waals surface area contributed by atoms with Crippen molar-refractivity contribution < 1.29 is 4.79 Å². The maximum atomic E-state index is 12.7. The molecule has 124 valence electrons. The maximum absolute atomic E-state index is 12.7. The number of rotatable bonds is 5. The molecule has 1 atom stereocenters. The van der Waals surface area contributed by atoms with Crippen LogP contribution in [0.25, 0.3) is 0 Å². The number of hydrogen-bond donors (Lipinski definition) is 1. The summed E-state index contributed by atoms with van der Waals surface area (Å²) in [5.74, 6) is 0.170. The van der Waals surface area contributed by atoms with Crippen LogP contribution in [-0.4, -0.2) is 29.9 Å². The lowest BCUT2D eigenvalue weighted by Crippen LogP contribution is -2.47. The molecule has 1 saturated heterocycles. The number of benzene rings is 1. The second-order valence-corrected chi connectivity index (χ2v) is 6.16. The van der Waals surface area contributed by atoms with Gasteiger partial charge in [0.05, 0.1) is 6.04 Å². The summed E-state index contributed by atoms with van der Waals surface area (Å²) in [4.78, 5) is 15.1. The van der Waals surface area contributed by atoms with Crippen molar-refractivity contribution in [2.45, 2.75) is 66.3 Å². The molecule has 1 aliphatic rings. The average Bonchev–Trinajstić information content (AvgIpc) is 2.49. The number of amides is 1. The van der Waals surface area contributed by atoms with E-state index in [0.717, 1.165) is 42.7 Å². The van der Waals surface area contributed by atoms with E-state index in [1.165, 1.54) is 19.3 Å². The number of nitrogens with zero attached hydrogens (tertiary/aromatic N) is 1. The van der Waals surface area contributed by atoms with Gasteiger partial charge in [0.1, 0.15) is 0 Å². The van der Waals surface area contributed by atoms with E-state index in [9.17, 15) is 4.79 Å². The Kier molecular flexibility index (Phi) is 7.60. The van der Waals surface area contributed by atoms with Crippen LogP contribution in [0.2, 0.25) is 0 Å². The van der Waals surface area contributed by atoms with Gasteiger partial charge in [-0.2, -0.15) is 0 Å². The van der Waals surface area contributed by atoms with E-state index in [4.69, 9.17) is 0 Å². The molecule has 3 nitrogen and oxygen atoms in total. The van der Waals surface area contributed by atoms with E-state index in [0.29, 0.717) is 0 Å². The van der Waals surface area contributed by atoms with Gasteiger partial charge in [0.25, 0.3) is 0 Å². The highest BCUT2D eigenvalue weighted by atomic mass is 16.2. The Bertz CT molecular complexity index is 464. The third-order valence-electron chi connectivity index (χ3n) is 4.44. The lowest BCUT2D eigenvalue weighted by molar-refractivity contribution is -0.122. The third kappa shape index (κ3) is 4.57. The highest BCUT2D eigenvalue weighted by Crippen LogP contribution is 2.23. The topological polar surface area (TPSA) is 32.3 Å². The number of nitrogens with one attached hydrogen (secondary N) is 1. The van der Waals surface area contributed by atoms with Gasteiger partial charge in [-0.3, -0.25) is 9.69 Å². The van der Waals surface area contributed by atoms with Crippen LogP contribution in [0.15, 0.2) is 18.2 Å². The van der Waals surface area contributed by atoms with Crippen LogP contribution in [0.1, 0.15) is 57.6 Å². The van der Waals surface area contributed by atoms with Gasteiger partial charge >= 0.3 is 0 Å². The third-order valence-corrected chi connectivity index (χ3v) is 4.44. The van der Waals surface area contributed by atoms with Crippen molar-refractivity contribution in [1.82, 2.24) is 4.90 Å². The van der Waals surface area contributed by atoms with Crippen molar-refractivity contribution in [2.75, 3.05) is 18.4 Å². The molecule has 1 aliphatic heterocycles. The predicted molar refractivity (Wildman–Crippen MR) is 95.4 cm³/mol. The Hall–Kier alpha value is -1.35. The molecule has 1 aromatic rings. The first-order chi connectivity index (χ1) is 10.1. The Morgan fingerprint density at radius 1 is 1.27 bits per heavy atom. The van der Waals surface area contributed by atoms with Crippen LogP contribution in [0.5, 0.6) is 0 Å². The van der Waals surface area contributed by atoms with Gasteiger partial charge in [0, 0.05) is 5.69 Å². The first-order valence-electron chi connectivity index (χ1n) is 8.24. The summed E-state index contributed by atoms with van der Waals surface area (Å²) >= 11 is 0. The average molecular weight is 304 g/mol. The Balaban J connectivity index is 0.00000242. The number of aryl methyl sites for hydroxylation is 2. The van der Waals surface area contributed by atoms with Crippen molar-refractivity contribution in [3.63, 3.8) is 0 Å². The van der Waals surface area contributed by atoms with Gasteiger partial charge < -0.3 is 5.32 Å². The number of carbonyl (C=O) groups excluding carboxylic acids is 1. The molecule has 0 radical (unpaired) electrons. The smallest absolute Gasteiger partial charge is 0.241 e. The predicted octanol–water partition coefficient (Wildman–Crippen LogP) is 4.53. The zero-order chi connectivity index (χ0) is 15.2. The maximum Gasteiger partial charge on any atom is 0.241 e. The minimum atomic E-state index is 0. The molecular weight excluding hydrogens is 272 g/mol. The summed E-state index contributed by atoms with van der Waals surface area (Å²) in [5, 5.41) is 3.17. The van der Waals surface area contributed by atoms with Crippen LogP contribution >= 0.6 is 0 Å². The second kappa shape index (κ2) is 8.94. The molecule has 0 bridgehead atoms. The monoisotopic (exact) mass is 304 g/mol. The summed E-state index contributed by atoms with van der Waals surface area (Å²) in [7, 11) is 0. The number of likely N-dealkylation sites (tertiary alicyclic amines) is 1. The largest absolute Gasteiger partial charge is 0.324 e. The summed E-state index contributed by atoms with van der Waals surface area (Å²) in [6, 6.07) is 6.19. The molecule has 3 heteroatoms. The Morgan fingerprint density at radius 3 is 2.59 bits per heavy atom. The van der Waals surface area contributed by atoms with Crippen molar-refractivity contribution in [2.24, 2.45) is 0 Å². The second-order valence-electron chi connectivity index (χ2n) is 6.16. The number of piperidine rings is 1. The number of carbonyl (C=O) groups is 1. The zero-order valence-electron chi connectivity index (χ0n) is 13.6. The first kappa shape index (κ1) is 18.7. The lowest BCUT2D eigenvalue weighted by atomic mass is 10.00. The van der Waals surface area contributed by atoms with Gasteiger partial charge in [-0.15, -0.1) is 0 Å². The molecule has 0 spiro atoms. The molecular formula is C19H32N2O. The van der Waals surface area contributed by atoms with E-state index < -0.39 is 0 Å². The van der Waals surface area contributed by atoms with Crippen molar-refractivity contribution in [1.29, 1.82) is 0 Å². The normalized spacial score (nSPS) is 18.6. The van der Waals surface area contributed by atoms with Gasteiger partial charge in [-0.25, -0.2) is 0 Å². The highest BCUT2D eigenvalue weighted by Gasteiger charge is 2.28. The highest BCUT2D eigenvalue weighted by molar-refractivity contribution is 5.96. The summed E-state index contributed by atoms with van der Waals surface area (Å²) < 4.78 is 0. The van der Waals surface area contributed by atoms with Gasteiger partial charge in [0.2, 0.25) is 5.91 Å². The lowest BCUT2D eigenvalue weighted by Gasteiger charge is -2.34. The minimum Gasteiger partial charge on any atom is -0.324 e. The number of hydrogen-bond acceptors (Lipinski definition) is 2. The minimum absolute atomic E-state index is 0. The first-order valence-corrected chi connectivity index (χ1v) is 8.24. The molecule has 1 amide bonds. The van der Waals surface area contributed by atoms with Crippen LogP contribution < -0.4 is 5.32 Å². The molecule has 1 aromatic carbocycles. The molecule has 0 aliphatic carbocycles. The van der Waals surface area contributed by atoms with Crippen LogP contribution in [0, 0.1) is 13.8 Å². The van der Waals surface area contributed by atoms with E-state index in [2.05, 4.69) is 43.1 Å². The fraction of sp³-hybridized carbons (Fsp3) is 0.632. The molecule has 1 heterocycles. The summed E-state index contributed by atoms with van der Waals surface area (Å²) in [6.07, 6.45) is 5.72. The number of anilines is 1. The molecule has 0 aromatic heterocycles. The summed E-state index contributed by atoms with van der Waals surface area (Å²) in [6.45, 7) is 8.42. The van der Waals surface area contributed by atoms with Gasteiger partial charge in [-0.05, 0) is 57.3 Å². The van der Waals surface area contributed by atoms with E-state index in [1.807, 2.05) is 6.07 Å². The molecule has 1 unspecified atom stereocenters. The van der Waals surface area contributed by atoms with E-state index >= 15 is 0 Å². The Labute approximate surface area is 136 Å². The number of para-hydroxylation sites is 1. The van der Waals surface area contributed by atoms with Crippen LogP contribution in [0.3, 0.4) is 0 Å². The molecule has 0 saturated carbocycles. The molecule has 1 N–H and O–H groups in total. The molecule has 1 fully saturated rings. The number of unbranched alkanes of at least 4 members (excludes halogenated alkanes) is 1. The zero-order valence-corrected chi connectivity index (χ0v) is 13.6. The quantitative estimate of drug-likeness (QED) is 0.866. The summed E-state index contributed by atoms with van der Waals surface area (Å²) in [5.41, 5.74) is 3.27. The van der Waals surface area contributed by atoms with Gasteiger partial charge in [0.15, 0.2) is 0 Å². The van der Waals surface area contributed by atoms with E-state index in [-0.39, 0.29) is 19.4 Å². The van der Waals surface area contributed by atoms with Crippen molar-refractivity contribution >= 4 is 11.6 Å². The Morgan fingerprint density at radius 2 is 1.95 bits per heavy atom. The fourth-order valence-corrected chi connectivity index (χ4v) is 3.13. The van der Waals surface area contributed by atoms with Crippen LogP contribution in [-0.2, 0) is 4.79 Å². The SMILES string of the molecule is C.CCCCN1CCCCC1C(=O)Nc1c(C)cccc1C. The van der Waals surface area contributed by atoms with Crippen molar-refractivity contribution in [3.05, 3.63) is 29.3 Å². The van der Waals surface area contributed by atoms with E-state index in [1.54, 1.807) is 0 Å². The standard InChI is InChI=1S/C18H28N2O.CH4/c1-4-5-12-20-13-7-6-11-16(20)18(21)19-17-14(2)9-8-10-15(17)3;/h8-10,16H,4-7,11-13H2,1-3H3,(H,19,21);1H4.